The van der Waals surface area contributed by atoms with Crippen molar-refractivity contribution in [2.75, 3.05) is 53.0 Å². The highest BCUT2D eigenvalue weighted by atomic mass is 19.4. The number of aliphatic imine (C=N–C) groups is 1. The van der Waals surface area contributed by atoms with Crippen molar-refractivity contribution in [3.63, 3.8) is 0 Å². The van der Waals surface area contributed by atoms with Crippen LogP contribution in [0.5, 0.6) is 11.5 Å². The second kappa shape index (κ2) is 12.0. The fraction of sp³-hybridized carbons (Fsp3) is 0.682. The van der Waals surface area contributed by atoms with Crippen LogP contribution in [0.25, 0.3) is 0 Å². The van der Waals surface area contributed by atoms with Crippen LogP contribution < -0.4 is 14.8 Å². The number of hydrogen-bond acceptors (Lipinski definition) is 4. The number of halogens is 3. The molecule has 1 unspecified atom stereocenters. The van der Waals surface area contributed by atoms with Gasteiger partial charge in [0.05, 0.1) is 26.8 Å². The molecule has 1 heterocycles. The maximum Gasteiger partial charge on any atom is 0.401 e. The molecule has 176 valence electrons. The topological polar surface area (TPSA) is 49.3 Å². The van der Waals surface area contributed by atoms with Crippen molar-refractivity contribution in [1.29, 1.82) is 0 Å². The van der Waals surface area contributed by atoms with Gasteiger partial charge in [-0.2, -0.15) is 13.2 Å². The van der Waals surface area contributed by atoms with Gasteiger partial charge >= 0.3 is 6.18 Å². The predicted molar refractivity (Wildman–Crippen MR) is 117 cm³/mol. The summed E-state index contributed by atoms with van der Waals surface area (Å²) in [4.78, 5) is 8.38. The van der Waals surface area contributed by atoms with Gasteiger partial charge in [-0.05, 0) is 50.4 Å². The summed E-state index contributed by atoms with van der Waals surface area (Å²) in [6.45, 7) is 8.92. The van der Waals surface area contributed by atoms with Crippen LogP contribution in [0.3, 0.4) is 0 Å². The number of nitrogens with zero attached hydrogens (tertiary/aromatic N) is 3. The number of benzene rings is 1. The molecule has 1 atom stereocenters. The Morgan fingerprint density at radius 3 is 2.65 bits per heavy atom. The molecule has 1 fully saturated rings. The molecule has 9 heteroatoms. The van der Waals surface area contributed by atoms with Gasteiger partial charge in [0.15, 0.2) is 17.5 Å². The highest BCUT2D eigenvalue weighted by Crippen LogP contribution is 2.28. The van der Waals surface area contributed by atoms with Crippen LogP contribution in [-0.4, -0.2) is 74.9 Å². The summed E-state index contributed by atoms with van der Waals surface area (Å²) in [5, 5.41) is 3.31. The SMILES string of the molecule is CCNC(=NCc1ccc(OC)c(OCC)c1)N1CCC(CN(CC)CC(F)(F)F)C1. The molecule has 0 saturated carbocycles. The Bertz CT molecular complexity index is 712. The molecule has 1 aliphatic heterocycles. The molecule has 1 N–H and O–H groups in total. The first-order valence-corrected chi connectivity index (χ1v) is 10.9. The van der Waals surface area contributed by atoms with Gasteiger partial charge in [0, 0.05) is 26.2 Å². The Morgan fingerprint density at radius 1 is 1.26 bits per heavy atom. The normalized spacial score (nSPS) is 17.4. The van der Waals surface area contributed by atoms with E-state index in [9.17, 15) is 13.2 Å². The van der Waals surface area contributed by atoms with E-state index in [4.69, 9.17) is 14.5 Å². The van der Waals surface area contributed by atoms with Crippen molar-refractivity contribution in [3.05, 3.63) is 23.8 Å². The summed E-state index contributed by atoms with van der Waals surface area (Å²) in [5.74, 6) is 2.35. The standard InChI is InChI=1S/C22H35F3N4O2/c1-5-26-21(27-13-17-8-9-19(30-4)20(12-17)31-7-3)29-11-10-18(15-29)14-28(6-2)16-22(23,24)25/h8-9,12,18H,5-7,10-11,13-16H2,1-4H3,(H,26,27). The molecule has 1 aromatic rings. The summed E-state index contributed by atoms with van der Waals surface area (Å²) in [5.41, 5.74) is 0.998. The first-order chi connectivity index (χ1) is 14.8. The maximum atomic E-state index is 12.8. The third-order valence-electron chi connectivity index (χ3n) is 5.23. The molecule has 1 aliphatic rings. The minimum absolute atomic E-state index is 0.191. The van der Waals surface area contributed by atoms with Crippen molar-refractivity contribution in [3.8, 4) is 11.5 Å². The minimum atomic E-state index is -4.16. The molecular weight excluding hydrogens is 409 g/mol. The van der Waals surface area contributed by atoms with Gasteiger partial charge < -0.3 is 19.7 Å². The number of likely N-dealkylation sites (tertiary alicyclic amines) is 1. The first-order valence-electron chi connectivity index (χ1n) is 10.9. The van der Waals surface area contributed by atoms with E-state index in [2.05, 4.69) is 10.2 Å². The Morgan fingerprint density at radius 2 is 2.03 bits per heavy atom. The quantitative estimate of drug-likeness (QED) is 0.440. The van der Waals surface area contributed by atoms with Gasteiger partial charge in [0.1, 0.15) is 0 Å². The van der Waals surface area contributed by atoms with Crippen LogP contribution >= 0.6 is 0 Å². The van der Waals surface area contributed by atoms with E-state index in [0.29, 0.717) is 44.3 Å². The summed E-state index contributed by atoms with van der Waals surface area (Å²) >= 11 is 0. The highest BCUT2D eigenvalue weighted by Gasteiger charge is 2.33. The molecule has 2 rings (SSSR count). The first kappa shape index (κ1) is 25.1. The van der Waals surface area contributed by atoms with Crippen molar-refractivity contribution >= 4 is 5.96 Å². The molecule has 0 radical (unpaired) electrons. The lowest BCUT2D eigenvalue weighted by molar-refractivity contribution is -0.146. The lowest BCUT2D eigenvalue weighted by Gasteiger charge is -2.26. The minimum Gasteiger partial charge on any atom is -0.493 e. The van der Waals surface area contributed by atoms with E-state index in [1.54, 1.807) is 14.0 Å². The molecule has 0 amide bonds. The van der Waals surface area contributed by atoms with Gasteiger partial charge in [0.2, 0.25) is 0 Å². The largest absolute Gasteiger partial charge is 0.493 e. The zero-order valence-electron chi connectivity index (χ0n) is 19.0. The number of methoxy groups -OCH3 is 1. The summed E-state index contributed by atoms with van der Waals surface area (Å²) in [7, 11) is 1.61. The van der Waals surface area contributed by atoms with Crippen LogP contribution in [0.4, 0.5) is 13.2 Å². The third kappa shape index (κ3) is 8.12. The zero-order valence-corrected chi connectivity index (χ0v) is 19.0. The molecule has 0 spiro atoms. The van der Waals surface area contributed by atoms with E-state index in [1.165, 1.54) is 4.90 Å². The fourth-order valence-electron chi connectivity index (χ4n) is 3.78. The van der Waals surface area contributed by atoms with E-state index in [0.717, 1.165) is 31.0 Å². The van der Waals surface area contributed by atoms with Crippen molar-refractivity contribution in [1.82, 2.24) is 15.1 Å². The molecule has 31 heavy (non-hydrogen) atoms. The number of alkyl halides is 3. The Labute approximate surface area is 183 Å². The van der Waals surface area contributed by atoms with Gasteiger partial charge in [-0.15, -0.1) is 0 Å². The number of ether oxygens (including phenoxy) is 2. The molecule has 0 bridgehead atoms. The molecule has 1 aromatic carbocycles. The molecule has 1 saturated heterocycles. The van der Waals surface area contributed by atoms with E-state index in [-0.39, 0.29) is 5.92 Å². The summed E-state index contributed by atoms with van der Waals surface area (Å²) in [6.07, 6.45) is -3.31. The van der Waals surface area contributed by atoms with Crippen LogP contribution in [0.2, 0.25) is 0 Å². The van der Waals surface area contributed by atoms with Crippen LogP contribution in [0.15, 0.2) is 23.2 Å². The third-order valence-corrected chi connectivity index (χ3v) is 5.23. The molecule has 0 aromatic heterocycles. The lowest BCUT2D eigenvalue weighted by Crippen LogP contribution is -2.41. The molecular formula is C22H35F3N4O2. The van der Waals surface area contributed by atoms with Crippen molar-refractivity contribution in [2.45, 2.75) is 39.9 Å². The fourth-order valence-corrected chi connectivity index (χ4v) is 3.78. The van der Waals surface area contributed by atoms with Crippen LogP contribution in [0, 0.1) is 5.92 Å². The lowest BCUT2D eigenvalue weighted by atomic mass is 10.1. The van der Waals surface area contributed by atoms with Crippen LogP contribution in [0.1, 0.15) is 32.8 Å². The van der Waals surface area contributed by atoms with E-state index >= 15 is 0 Å². The van der Waals surface area contributed by atoms with Gasteiger partial charge in [0.25, 0.3) is 0 Å². The number of hydrogen-bond donors (Lipinski definition) is 1. The Kier molecular flexibility index (Phi) is 9.74. The second-order valence-electron chi connectivity index (χ2n) is 7.63. The number of guanidine groups is 1. The van der Waals surface area contributed by atoms with Gasteiger partial charge in [-0.1, -0.05) is 13.0 Å². The van der Waals surface area contributed by atoms with Crippen LogP contribution in [-0.2, 0) is 6.54 Å². The smallest absolute Gasteiger partial charge is 0.401 e. The van der Waals surface area contributed by atoms with E-state index in [1.807, 2.05) is 32.0 Å². The molecule has 0 aliphatic carbocycles. The Balaban J connectivity index is 2.02. The monoisotopic (exact) mass is 444 g/mol. The number of nitrogens with one attached hydrogen (secondary N) is 1. The Hall–Kier alpha value is -2.16. The average molecular weight is 445 g/mol. The summed E-state index contributed by atoms with van der Waals surface area (Å²) < 4.78 is 49.2. The van der Waals surface area contributed by atoms with Crippen molar-refractivity contribution in [2.24, 2.45) is 10.9 Å². The highest BCUT2D eigenvalue weighted by molar-refractivity contribution is 5.80. The summed E-state index contributed by atoms with van der Waals surface area (Å²) in [6, 6.07) is 5.75. The predicted octanol–water partition coefficient (Wildman–Crippen LogP) is 3.77. The van der Waals surface area contributed by atoms with E-state index < -0.39 is 12.7 Å². The second-order valence-corrected chi connectivity index (χ2v) is 7.63. The zero-order chi connectivity index (χ0) is 22.9. The number of rotatable bonds is 10. The average Bonchev–Trinajstić information content (AvgIpc) is 3.18. The van der Waals surface area contributed by atoms with Gasteiger partial charge in [-0.25, -0.2) is 4.99 Å². The van der Waals surface area contributed by atoms with Crippen molar-refractivity contribution < 1.29 is 22.6 Å². The van der Waals surface area contributed by atoms with Gasteiger partial charge in [-0.3, -0.25) is 4.90 Å². The molecule has 6 nitrogen and oxygen atoms in total. The maximum absolute atomic E-state index is 12.8.